The lowest BCUT2D eigenvalue weighted by atomic mass is 9.85. The fraction of sp³-hybridized carbons (Fsp3) is 0.706. The summed E-state index contributed by atoms with van der Waals surface area (Å²) in [6, 6.07) is -0.412. The topological polar surface area (TPSA) is 66.5 Å². The van der Waals surface area contributed by atoms with Gasteiger partial charge in [-0.25, -0.2) is 0 Å². The second-order valence-corrected chi connectivity index (χ2v) is 7.13. The molecule has 22 heavy (non-hydrogen) atoms. The van der Waals surface area contributed by atoms with E-state index in [0.29, 0.717) is 19.3 Å². The molecule has 0 spiro atoms. The lowest BCUT2D eigenvalue weighted by Gasteiger charge is -2.27. The minimum atomic E-state index is -0.647. The number of hydrogen-bond donors (Lipinski definition) is 1. The van der Waals surface area contributed by atoms with E-state index in [0.717, 1.165) is 12.8 Å². The van der Waals surface area contributed by atoms with Gasteiger partial charge in [-0.2, -0.15) is 0 Å². The average molecular weight is 304 g/mol. The molecule has 1 saturated carbocycles. The van der Waals surface area contributed by atoms with Crippen molar-refractivity contribution in [2.45, 2.75) is 58.0 Å². The Morgan fingerprint density at radius 1 is 1.18 bits per heavy atom. The highest BCUT2D eigenvalue weighted by Gasteiger charge is 2.51. The molecule has 3 amide bonds. The third-order valence-corrected chi connectivity index (χ3v) is 4.77. The first-order valence-corrected chi connectivity index (χ1v) is 8.31. The number of amides is 3. The Hall–Kier alpha value is -1.65. The molecule has 3 rings (SSSR count). The highest BCUT2D eigenvalue weighted by atomic mass is 16.2. The standard InChI is InChI=1S/C17H24N2O3/c1-10(2)9-14(15(20)18-11-7-8-11)19-16(21)12-5-3-4-6-13(12)17(19)22/h3-4,10-14H,5-9H2,1-2H3,(H,18,20)/t12-,13-,14-/m1/s1. The van der Waals surface area contributed by atoms with Crippen LogP contribution in [0.2, 0.25) is 0 Å². The van der Waals surface area contributed by atoms with Crippen LogP contribution < -0.4 is 5.32 Å². The summed E-state index contributed by atoms with van der Waals surface area (Å²) in [6.07, 6.45) is 7.70. The third kappa shape index (κ3) is 2.81. The lowest BCUT2D eigenvalue weighted by Crippen LogP contribution is -2.51. The van der Waals surface area contributed by atoms with Crippen LogP contribution in [0.4, 0.5) is 0 Å². The van der Waals surface area contributed by atoms with Crippen molar-refractivity contribution in [2.75, 3.05) is 0 Å². The number of carbonyl (C=O) groups is 3. The van der Waals surface area contributed by atoms with Crippen molar-refractivity contribution in [1.82, 2.24) is 10.2 Å². The number of imide groups is 1. The minimum Gasteiger partial charge on any atom is -0.352 e. The van der Waals surface area contributed by atoms with Gasteiger partial charge in [-0.15, -0.1) is 0 Å². The average Bonchev–Trinajstić information content (AvgIpc) is 3.25. The van der Waals surface area contributed by atoms with Gasteiger partial charge in [-0.05, 0) is 38.0 Å². The Morgan fingerprint density at radius 3 is 2.18 bits per heavy atom. The molecule has 1 aliphatic heterocycles. The van der Waals surface area contributed by atoms with Crippen LogP contribution in [0, 0.1) is 17.8 Å². The van der Waals surface area contributed by atoms with Crippen molar-refractivity contribution >= 4 is 17.7 Å². The van der Waals surface area contributed by atoms with E-state index < -0.39 is 6.04 Å². The van der Waals surface area contributed by atoms with Gasteiger partial charge in [-0.3, -0.25) is 19.3 Å². The molecule has 2 fully saturated rings. The number of likely N-dealkylation sites (tertiary alicyclic amines) is 1. The van der Waals surface area contributed by atoms with Gasteiger partial charge in [0.1, 0.15) is 6.04 Å². The number of nitrogens with zero attached hydrogens (tertiary/aromatic N) is 1. The zero-order chi connectivity index (χ0) is 15.9. The molecule has 0 bridgehead atoms. The summed E-state index contributed by atoms with van der Waals surface area (Å²) in [5.74, 6) is -0.755. The number of allylic oxidation sites excluding steroid dienone is 2. The number of hydrogen-bond acceptors (Lipinski definition) is 3. The molecule has 3 atom stereocenters. The first-order chi connectivity index (χ1) is 10.5. The Morgan fingerprint density at radius 2 is 1.73 bits per heavy atom. The largest absolute Gasteiger partial charge is 0.352 e. The Bertz CT molecular complexity index is 496. The van der Waals surface area contributed by atoms with E-state index in [-0.39, 0.29) is 41.5 Å². The van der Waals surface area contributed by atoms with Crippen LogP contribution in [0.15, 0.2) is 12.2 Å². The van der Waals surface area contributed by atoms with Crippen LogP contribution in [0.25, 0.3) is 0 Å². The smallest absolute Gasteiger partial charge is 0.243 e. The summed E-state index contributed by atoms with van der Waals surface area (Å²) in [4.78, 5) is 39.2. The highest BCUT2D eigenvalue weighted by molar-refractivity contribution is 6.08. The van der Waals surface area contributed by atoms with E-state index in [1.807, 2.05) is 26.0 Å². The van der Waals surface area contributed by atoms with Gasteiger partial charge in [0.05, 0.1) is 11.8 Å². The van der Waals surface area contributed by atoms with Gasteiger partial charge >= 0.3 is 0 Å². The van der Waals surface area contributed by atoms with Gasteiger partial charge in [-0.1, -0.05) is 26.0 Å². The molecule has 1 heterocycles. The highest BCUT2D eigenvalue weighted by Crippen LogP contribution is 2.37. The van der Waals surface area contributed by atoms with E-state index in [9.17, 15) is 14.4 Å². The number of rotatable bonds is 5. The zero-order valence-electron chi connectivity index (χ0n) is 13.2. The second-order valence-electron chi connectivity index (χ2n) is 7.13. The third-order valence-electron chi connectivity index (χ3n) is 4.77. The molecule has 1 N–H and O–H groups in total. The fourth-order valence-corrected chi connectivity index (χ4v) is 3.43. The molecule has 0 aromatic rings. The van der Waals surface area contributed by atoms with Gasteiger partial charge in [0, 0.05) is 6.04 Å². The number of fused-ring (bicyclic) bond motifs is 1. The monoisotopic (exact) mass is 304 g/mol. The van der Waals surface area contributed by atoms with Crippen LogP contribution >= 0.6 is 0 Å². The first-order valence-electron chi connectivity index (χ1n) is 8.31. The van der Waals surface area contributed by atoms with Gasteiger partial charge in [0.2, 0.25) is 17.7 Å². The minimum absolute atomic E-state index is 0.157. The maximum Gasteiger partial charge on any atom is 0.243 e. The first kappa shape index (κ1) is 15.3. The van der Waals surface area contributed by atoms with E-state index in [1.54, 1.807) is 0 Å². The maximum atomic E-state index is 12.7. The second kappa shape index (κ2) is 5.86. The molecule has 0 unspecified atom stereocenters. The van der Waals surface area contributed by atoms with Crippen molar-refractivity contribution < 1.29 is 14.4 Å². The van der Waals surface area contributed by atoms with Crippen molar-refractivity contribution in [2.24, 2.45) is 17.8 Å². The molecule has 0 aromatic heterocycles. The zero-order valence-corrected chi connectivity index (χ0v) is 13.2. The van der Waals surface area contributed by atoms with Crippen LogP contribution in [-0.2, 0) is 14.4 Å². The maximum absolute atomic E-state index is 12.7. The molecule has 5 heteroatoms. The molecular formula is C17H24N2O3. The van der Waals surface area contributed by atoms with E-state index in [4.69, 9.17) is 0 Å². The van der Waals surface area contributed by atoms with Crippen LogP contribution in [0.3, 0.4) is 0 Å². The molecule has 1 saturated heterocycles. The number of nitrogens with one attached hydrogen (secondary N) is 1. The predicted molar refractivity (Wildman–Crippen MR) is 81.6 cm³/mol. The van der Waals surface area contributed by atoms with Crippen LogP contribution in [0.1, 0.15) is 46.0 Å². The Kier molecular flexibility index (Phi) is 4.06. The summed E-state index contributed by atoms with van der Waals surface area (Å²) >= 11 is 0. The number of carbonyl (C=O) groups excluding carboxylic acids is 3. The van der Waals surface area contributed by atoms with Crippen molar-refractivity contribution in [3.63, 3.8) is 0 Å². The normalized spacial score (nSPS) is 29.0. The SMILES string of the molecule is CC(C)C[C@H](C(=O)NC1CC1)N1C(=O)[C@@H]2CC=CC[C@H]2C1=O. The summed E-state index contributed by atoms with van der Waals surface area (Å²) in [7, 11) is 0. The lowest BCUT2D eigenvalue weighted by molar-refractivity contribution is -0.148. The van der Waals surface area contributed by atoms with Crippen molar-refractivity contribution in [3.05, 3.63) is 12.2 Å². The predicted octanol–water partition coefficient (Wildman–Crippen LogP) is 1.63. The van der Waals surface area contributed by atoms with Crippen molar-refractivity contribution in [1.29, 1.82) is 0 Å². The van der Waals surface area contributed by atoms with Crippen LogP contribution in [0.5, 0.6) is 0 Å². The molecule has 5 nitrogen and oxygen atoms in total. The van der Waals surface area contributed by atoms with E-state index in [2.05, 4.69) is 5.32 Å². The van der Waals surface area contributed by atoms with Gasteiger partial charge < -0.3 is 5.32 Å². The van der Waals surface area contributed by atoms with Gasteiger partial charge in [0.25, 0.3) is 0 Å². The van der Waals surface area contributed by atoms with E-state index in [1.165, 1.54) is 4.90 Å². The molecule has 0 aromatic carbocycles. The van der Waals surface area contributed by atoms with E-state index >= 15 is 0 Å². The van der Waals surface area contributed by atoms with Crippen molar-refractivity contribution in [3.8, 4) is 0 Å². The summed E-state index contributed by atoms with van der Waals surface area (Å²) in [6.45, 7) is 4.02. The molecule has 120 valence electrons. The Labute approximate surface area is 131 Å². The quantitative estimate of drug-likeness (QED) is 0.620. The molecule has 3 aliphatic rings. The summed E-state index contributed by atoms with van der Waals surface area (Å²) < 4.78 is 0. The molecule has 2 aliphatic carbocycles. The summed E-state index contributed by atoms with van der Waals surface area (Å²) in [5.41, 5.74) is 0. The van der Waals surface area contributed by atoms with Gasteiger partial charge in [0.15, 0.2) is 0 Å². The fourth-order valence-electron chi connectivity index (χ4n) is 3.43. The summed E-state index contributed by atoms with van der Waals surface area (Å²) in [5, 5.41) is 2.96. The molecular weight excluding hydrogens is 280 g/mol. The molecule has 0 radical (unpaired) electrons. The Balaban J connectivity index is 1.81. The van der Waals surface area contributed by atoms with Crippen LogP contribution in [-0.4, -0.2) is 34.7 Å².